The molecule has 2 aliphatic heterocycles. The van der Waals surface area contributed by atoms with Crippen molar-refractivity contribution in [3.05, 3.63) is 71.8 Å². The lowest BCUT2D eigenvalue weighted by Crippen LogP contribution is -2.34. The van der Waals surface area contributed by atoms with Crippen LogP contribution >= 0.6 is 0 Å². The molecule has 4 heteroatoms. The lowest BCUT2D eigenvalue weighted by Gasteiger charge is -2.22. The van der Waals surface area contributed by atoms with Crippen LogP contribution in [-0.2, 0) is 9.47 Å². The van der Waals surface area contributed by atoms with Gasteiger partial charge in [0.15, 0.2) is 11.8 Å². The zero-order valence-electron chi connectivity index (χ0n) is 14.6. The van der Waals surface area contributed by atoms with E-state index in [0.29, 0.717) is 25.0 Å². The van der Waals surface area contributed by atoms with Gasteiger partial charge in [-0.3, -0.25) is 0 Å². The van der Waals surface area contributed by atoms with Crippen LogP contribution in [0.15, 0.2) is 70.6 Å². The summed E-state index contributed by atoms with van der Waals surface area (Å²) in [4.78, 5) is 9.61. The lowest BCUT2D eigenvalue weighted by atomic mass is 9.93. The van der Waals surface area contributed by atoms with E-state index in [2.05, 4.69) is 38.1 Å². The molecule has 4 nitrogen and oxygen atoms in total. The Morgan fingerprint density at radius 1 is 0.720 bits per heavy atom. The van der Waals surface area contributed by atoms with E-state index >= 15 is 0 Å². The van der Waals surface area contributed by atoms with Crippen LogP contribution in [0, 0.1) is 5.41 Å². The van der Waals surface area contributed by atoms with Crippen molar-refractivity contribution >= 4 is 11.8 Å². The lowest BCUT2D eigenvalue weighted by molar-refractivity contribution is 0.265. The van der Waals surface area contributed by atoms with Crippen molar-refractivity contribution in [3.8, 4) is 0 Å². The van der Waals surface area contributed by atoms with Crippen molar-refractivity contribution in [2.75, 3.05) is 13.2 Å². The molecule has 0 amide bonds. The molecule has 25 heavy (non-hydrogen) atoms. The second kappa shape index (κ2) is 6.36. The van der Waals surface area contributed by atoms with E-state index in [1.54, 1.807) is 0 Å². The first-order valence-corrected chi connectivity index (χ1v) is 8.66. The van der Waals surface area contributed by atoms with Gasteiger partial charge in [0, 0.05) is 0 Å². The fraction of sp³-hybridized carbons (Fsp3) is 0.333. The molecule has 0 radical (unpaired) electrons. The van der Waals surface area contributed by atoms with Crippen LogP contribution in [0.25, 0.3) is 0 Å². The highest BCUT2D eigenvalue weighted by Gasteiger charge is 2.41. The van der Waals surface area contributed by atoms with Crippen LogP contribution in [-0.4, -0.2) is 25.0 Å². The Bertz CT molecular complexity index is 730. The third-order valence-corrected chi connectivity index (χ3v) is 4.74. The summed E-state index contributed by atoms with van der Waals surface area (Å²) in [7, 11) is 0. The van der Waals surface area contributed by atoms with Gasteiger partial charge in [-0.2, -0.15) is 0 Å². The number of hydrogen-bond acceptors (Lipinski definition) is 4. The fourth-order valence-electron chi connectivity index (χ4n) is 3.21. The Balaban J connectivity index is 1.56. The van der Waals surface area contributed by atoms with Crippen LogP contribution in [0.1, 0.15) is 37.1 Å². The molecule has 0 bridgehead atoms. The Kier molecular flexibility index (Phi) is 4.04. The molecule has 0 fully saturated rings. The van der Waals surface area contributed by atoms with E-state index in [1.807, 2.05) is 36.4 Å². The van der Waals surface area contributed by atoms with Crippen LogP contribution in [0.4, 0.5) is 0 Å². The molecule has 2 aromatic carbocycles. The second-order valence-electron chi connectivity index (χ2n) is 6.97. The predicted molar refractivity (Wildman–Crippen MR) is 98.9 cm³/mol. The van der Waals surface area contributed by atoms with Gasteiger partial charge in [0.25, 0.3) is 0 Å². The molecule has 0 aromatic heterocycles. The third-order valence-electron chi connectivity index (χ3n) is 4.74. The summed E-state index contributed by atoms with van der Waals surface area (Å²) in [6, 6.07) is 20.6. The number of benzene rings is 2. The van der Waals surface area contributed by atoms with E-state index < -0.39 is 5.41 Å². The van der Waals surface area contributed by atoms with Crippen molar-refractivity contribution in [1.82, 2.24) is 0 Å². The average Bonchev–Trinajstić information content (AvgIpc) is 3.34. The first kappa shape index (κ1) is 15.9. The van der Waals surface area contributed by atoms with Crippen LogP contribution < -0.4 is 0 Å². The molecule has 2 aromatic rings. The fourth-order valence-corrected chi connectivity index (χ4v) is 3.21. The molecule has 0 saturated heterocycles. The summed E-state index contributed by atoms with van der Waals surface area (Å²) in [6.45, 7) is 5.26. The quantitative estimate of drug-likeness (QED) is 0.834. The minimum absolute atomic E-state index is 0.0439. The number of rotatable bonds is 4. The van der Waals surface area contributed by atoms with E-state index in [0.717, 1.165) is 0 Å². The summed E-state index contributed by atoms with van der Waals surface area (Å²) in [5.41, 5.74) is 1.88. The van der Waals surface area contributed by atoms with Gasteiger partial charge in [0.05, 0.1) is 0 Å². The molecular weight excluding hydrogens is 312 g/mol. The molecule has 2 aliphatic rings. The predicted octanol–water partition coefficient (Wildman–Crippen LogP) is 4.35. The smallest absolute Gasteiger partial charge is 0.199 e. The highest BCUT2D eigenvalue weighted by molar-refractivity contribution is 6.05. The Morgan fingerprint density at radius 2 is 1.12 bits per heavy atom. The third kappa shape index (κ3) is 3.04. The Labute approximate surface area is 148 Å². The maximum absolute atomic E-state index is 5.93. The van der Waals surface area contributed by atoms with Gasteiger partial charge in [-0.05, 0) is 25.0 Å². The second-order valence-corrected chi connectivity index (χ2v) is 6.97. The minimum Gasteiger partial charge on any atom is -0.478 e. The van der Waals surface area contributed by atoms with E-state index in [9.17, 15) is 0 Å². The van der Waals surface area contributed by atoms with Crippen molar-refractivity contribution in [1.29, 1.82) is 0 Å². The monoisotopic (exact) mass is 334 g/mol. The maximum atomic E-state index is 5.93. The highest BCUT2D eigenvalue weighted by Crippen LogP contribution is 2.35. The molecule has 2 atom stereocenters. The zero-order valence-corrected chi connectivity index (χ0v) is 14.6. The van der Waals surface area contributed by atoms with Gasteiger partial charge in [0.1, 0.15) is 30.7 Å². The molecule has 128 valence electrons. The molecular formula is C21H22N2O2. The molecule has 0 spiro atoms. The SMILES string of the molecule is CC(C)(C1=NC(c2ccccc2)CO1)C1=NC(c2ccccc2)CO1. The zero-order chi connectivity index (χ0) is 17.3. The average molecular weight is 334 g/mol. The van der Waals surface area contributed by atoms with Gasteiger partial charge in [0.2, 0.25) is 0 Å². The van der Waals surface area contributed by atoms with Crippen LogP contribution in [0.3, 0.4) is 0 Å². The first-order valence-electron chi connectivity index (χ1n) is 8.66. The minimum atomic E-state index is -0.465. The van der Waals surface area contributed by atoms with Crippen LogP contribution in [0.2, 0.25) is 0 Å². The summed E-state index contributed by atoms with van der Waals surface area (Å²) in [5.74, 6) is 1.41. The van der Waals surface area contributed by atoms with Crippen molar-refractivity contribution in [2.24, 2.45) is 15.4 Å². The highest BCUT2D eigenvalue weighted by atomic mass is 16.5. The molecule has 0 aliphatic carbocycles. The molecule has 0 N–H and O–H groups in total. The molecule has 2 heterocycles. The van der Waals surface area contributed by atoms with Crippen LogP contribution in [0.5, 0.6) is 0 Å². The van der Waals surface area contributed by atoms with Gasteiger partial charge in [-0.1, -0.05) is 60.7 Å². The first-order chi connectivity index (χ1) is 12.1. The largest absolute Gasteiger partial charge is 0.478 e. The summed E-state index contributed by atoms with van der Waals surface area (Å²) < 4.78 is 11.9. The van der Waals surface area contributed by atoms with E-state index in [4.69, 9.17) is 19.5 Å². The number of ether oxygens (including phenoxy) is 2. The summed E-state index contributed by atoms with van der Waals surface area (Å²) in [6.07, 6.45) is 0. The summed E-state index contributed by atoms with van der Waals surface area (Å²) >= 11 is 0. The van der Waals surface area contributed by atoms with Crippen molar-refractivity contribution < 1.29 is 9.47 Å². The standard InChI is InChI=1S/C21H22N2O2/c1-21(2,19-22-17(13-24-19)15-9-5-3-6-10-15)20-23-18(14-25-20)16-11-7-4-8-12-16/h3-12,17-18H,13-14H2,1-2H3. The molecule has 0 saturated carbocycles. The maximum Gasteiger partial charge on any atom is 0.199 e. The van der Waals surface area contributed by atoms with Gasteiger partial charge >= 0.3 is 0 Å². The van der Waals surface area contributed by atoms with Crippen molar-refractivity contribution in [2.45, 2.75) is 25.9 Å². The van der Waals surface area contributed by atoms with E-state index in [-0.39, 0.29) is 12.1 Å². The number of nitrogens with zero attached hydrogens (tertiary/aromatic N) is 2. The summed E-state index contributed by atoms with van der Waals surface area (Å²) in [5, 5.41) is 0. The van der Waals surface area contributed by atoms with Gasteiger partial charge in [-0.15, -0.1) is 0 Å². The number of aliphatic imine (C=N–C) groups is 2. The molecule has 4 rings (SSSR count). The van der Waals surface area contributed by atoms with Gasteiger partial charge < -0.3 is 9.47 Å². The van der Waals surface area contributed by atoms with E-state index in [1.165, 1.54) is 11.1 Å². The normalized spacial score (nSPS) is 22.8. The topological polar surface area (TPSA) is 43.2 Å². The Hall–Kier alpha value is -2.62. The van der Waals surface area contributed by atoms with Crippen molar-refractivity contribution in [3.63, 3.8) is 0 Å². The number of hydrogen-bond donors (Lipinski definition) is 0. The Morgan fingerprint density at radius 3 is 1.52 bits per heavy atom. The van der Waals surface area contributed by atoms with Gasteiger partial charge in [-0.25, -0.2) is 9.98 Å². The molecule has 2 unspecified atom stereocenters.